The average molecular weight is 510 g/mol. The van der Waals surface area contributed by atoms with Gasteiger partial charge in [-0.05, 0) is 62.8 Å². The fourth-order valence-electron chi connectivity index (χ4n) is 5.16. The second kappa shape index (κ2) is 11.1. The zero-order chi connectivity index (χ0) is 26.6. The molecule has 38 heavy (non-hydrogen) atoms. The molecule has 1 fully saturated rings. The SMILES string of the molecule is CC(C)NC(=O)C(C)Cc1ccc(-c2c(C#N)c3ccc(OCCn4ccnc4)cc3n2C2CCC2)cc1. The van der Waals surface area contributed by atoms with Gasteiger partial charge in [-0.25, -0.2) is 4.98 Å². The first-order valence-electron chi connectivity index (χ1n) is 13.5. The Morgan fingerprint density at radius 2 is 1.97 bits per heavy atom. The normalized spacial score (nSPS) is 14.3. The van der Waals surface area contributed by atoms with E-state index in [4.69, 9.17) is 4.74 Å². The van der Waals surface area contributed by atoms with Crippen LogP contribution in [0.25, 0.3) is 22.2 Å². The van der Waals surface area contributed by atoms with Gasteiger partial charge in [0.15, 0.2) is 0 Å². The second-order valence-electron chi connectivity index (χ2n) is 10.6. The number of ether oxygens (including phenoxy) is 1. The molecule has 1 aliphatic rings. The lowest BCUT2D eigenvalue weighted by molar-refractivity contribution is -0.124. The first-order valence-corrected chi connectivity index (χ1v) is 13.5. The summed E-state index contributed by atoms with van der Waals surface area (Å²) in [6, 6.07) is 17.4. The summed E-state index contributed by atoms with van der Waals surface area (Å²) in [5, 5.41) is 14.2. The molecule has 2 heterocycles. The molecular formula is C31H35N5O2. The van der Waals surface area contributed by atoms with Crippen LogP contribution in [0.2, 0.25) is 0 Å². The Kier molecular flexibility index (Phi) is 7.50. The van der Waals surface area contributed by atoms with E-state index in [9.17, 15) is 10.1 Å². The minimum Gasteiger partial charge on any atom is -0.492 e. The van der Waals surface area contributed by atoms with E-state index in [0.717, 1.165) is 52.9 Å². The van der Waals surface area contributed by atoms with E-state index in [1.807, 2.05) is 43.7 Å². The number of imidazole rings is 1. The van der Waals surface area contributed by atoms with Crippen molar-refractivity contribution in [3.8, 4) is 23.1 Å². The zero-order valence-corrected chi connectivity index (χ0v) is 22.4. The molecule has 1 amide bonds. The van der Waals surface area contributed by atoms with Gasteiger partial charge in [-0.2, -0.15) is 5.26 Å². The van der Waals surface area contributed by atoms with Gasteiger partial charge >= 0.3 is 0 Å². The van der Waals surface area contributed by atoms with Crippen molar-refractivity contribution < 1.29 is 9.53 Å². The summed E-state index contributed by atoms with van der Waals surface area (Å²) < 4.78 is 10.4. The summed E-state index contributed by atoms with van der Waals surface area (Å²) in [5.41, 5.74) is 4.85. The van der Waals surface area contributed by atoms with Gasteiger partial charge in [0.05, 0.1) is 29.6 Å². The van der Waals surface area contributed by atoms with Crippen LogP contribution in [-0.2, 0) is 17.8 Å². The number of hydrogen-bond donors (Lipinski definition) is 1. The Hall–Kier alpha value is -4.05. The number of benzene rings is 2. The van der Waals surface area contributed by atoms with E-state index in [2.05, 4.69) is 51.3 Å². The summed E-state index contributed by atoms with van der Waals surface area (Å²) in [6.07, 6.45) is 9.55. The van der Waals surface area contributed by atoms with Gasteiger partial charge in [-0.1, -0.05) is 31.2 Å². The highest BCUT2D eigenvalue weighted by Crippen LogP contribution is 2.43. The molecular weight excluding hydrogens is 474 g/mol. The van der Waals surface area contributed by atoms with Crippen LogP contribution in [0.15, 0.2) is 61.2 Å². The van der Waals surface area contributed by atoms with E-state index >= 15 is 0 Å². The summed E-state index contributed by atoms with van der Waals surface area (Å²) in [5.74, 6) is 0.770. The van der Waals surface area contributed by atoms with Gasteiger partial charge in [-0.3, -0.25) is 4.79 Å². The van der Waals surface area contributed by atoms with Crippen LogP contribution in [-0.4, -0.2) is 32.7 Å². The number of amides is 1. The van der Waals surface area contributed by atoms with Crippen molar-refractivity contribution in [2.24, 2.45) is 5.92 Å². The number of fused-ring (bicyclic) bond motifs is 1. The Bertz CT molecular complexity index is 1440. The molecule has 1 unspecified atom stereocenters. The number of nitrogens with zero attached hydrogens (tertiary/aromatic N) is 4. The molecule has 196 valence electrons. The fourth-order valence-corrected chi connectivity index (χ4v) is 5.16. The lowest BCUT2D eigenvalue weighted by Gasteiger charge is -2.30. The lowest BCUT2D eigenvalue weighted by atomic mass is 9.92. The third kappa shape index (κ3) is 5.31. The first kappa shape index (κ1) is 25.6. The van der Waals surface area contributed by atoms with Crippen LogP contribution in [0.3, 0.4) is 0 Å². The van der Waals surface area contributed by atoms with Gasteiger partial charge in [0.25, 0.3) is 0 Å². The average Bonchev–Trinajstić information content (AvgIpc) is 3.49. The molecule has 1 saturated carbocycles. The smallest absolute Gasteiger partial charge is 0.223 e. The van der Waals surface area contributed by atoms with Crippen LogP contribution in [0.5, 0.6) is 5.75 Å². The molecule has 2 aromatic carbocycles. The van der Waals surface area contributed by atoms with Gasteiger partial charge in [-0.15, -0.1) is 0 Å². The highest BCUT2D eigenvalue weighted by molar-refractivity contribution is 5.95. The molecule has 1 N–H and O–H groups in total. The first-order chi connectivity index (χ1) is 18.4. The van der Waals surface area contributed by atoms with E-state index in [1.54, 1.807) is 12.5 Å². The van der Waals surface area contributed by atoms with Gasteiger partial charge in [0, 0.05) is 41.8 Å². The van der Waals surface area contributed by atoms with Crippen LogP contribution in [0.4, 0.5) is 0 Å². The number of carbonyl (C=O) groups excluding carboxylic acids is 1. The molecule has 0 radical (unpaired) electrons. The molecule has 0 spiro atoms. The molecule has 1 aliphatic carbocycles. The van der Waals surface area contributed by atoms with Crippen LogP contribution >= 0.6 is 0 Å². The van der Waals surface area contributed by atoms with Gasteiger partial charge in [0.2, 0.25) is 5.91 Å². The Morgan fingerprint density at radius 1 is 1.18 bits per heavy atom. The summed E-state index contributed by atoms with van der Waals surface area (Å²) in [4.78, 5) is 16.5. The van der Waals surface area contributed by atoms with E-state index < -0.39 is 0 Å². The Balaban J connectivity index is 1.44. The summed E-state index contributed by atoms with van der Waals surface area (Å²) in [7, 11) is 0. The van der Waals surface area contributed by atoms with Crippen LogP contribution < -0.4 is 10.1 Å². The van der Waals surface area contributed by atoms with Gasteiger partial charge in [0.1, 0.15) is 18.4 Å². The van der Waals surface area contributed by atoms with Crippen molar-refractivity contribution in [3.63, 3.8) is 0 Å². The highest BCUT2D eigenvalue weighted by Gasteiger charge is 2.28. The molecule has 5 rings (SSSR count). The molecule has 0 aliphatic heterocycles. The molecule has 0 bridgehead atoms. The number of hydrogen-bond acceptors (Lipinski definition) is 4. The fraction of sp³-hybridized carbons (Fsp3) is 0.387. The third-order valence-corrected chi connectivity index (χ3v) is 7.35. The van der Waals surface area contributed by atoms with Crippen LogP contribution in [0, 0.1) is 17.2 Å². The number of rotatable bonds is 10. The molecule has 7 nitrogen and oxygen atoms in total. The second-order valence-corrected chi connectivity index (χ2v) is 10.6. The Morgan fingerprint density at radius 3 is 2.61 bits per heavy atom. The summed E-state index contributed by atoms with van der Waals surface area (Å²) in [6.45, 7) is 7.18. The van der Waals surface area contributed by atoms with E-state index in [1.165, 1.54) is 6.42 Å². The zero-order valence-electron chi connectivity index (χ0n) is 22.4. The standard InChI is InChI=1S/C31H35N5O2/c1-21(2)34-31(37)22(3)17-23-7-9-24(10-8-23)30-28(19-32)27-12-11-26(38-16-15-35-14-13-33-20-35)18-29(27)36(30)25-5-4-6-25/h7-14,18,20-22,25H,4-6,15-17H2,1-3H3,(H,34,37). The molecule has 2 aromatic heterocycles. The number of nitriles is 1. The third-order valence-electron chi connectivity index (χ3n) is 7.35. The Labute approximate surface area is 224 Å². The predicted molar refractivity (Wildman–Crippen MR) is 149 cm³/mol. The molecule has 4 aromatic rings. The minimum atomic E-state index is -0.105. The maximum atomic E-state index is 12.4. The van der Waals surface area contributed by atoms with Gasteiger partial charge < -0.3 is 19.2 Å². The number of aromatic nitrogens is 3. The largest absolute Gasteiger partial charge is 0.492 e. The molecule has 0 saturated heterocycles. The maximum absolute atomic E-state index is 12.4. The molecule has 1 atom stereocenters. The van der Waals surface area contributed by atoms with Crippen molar-refractivity contribution in [1.29, 1.82) is 5.26 Å². The van der Waals surface area contributed by atoms with Crippen molar-refractivity contribution in [3.05, 3.63) is 72.3 Å². The van der Waals surface area contributed by atoms with Crippen molar-refractivity contribution in [2.45, 2.75) is 65.1 Å². The number of nitrogens with one attached hydrogen (secondary N) is 1. The topological polar surface area (TPSA) is 84.9 Å². The predicted octanol–water partition coefficient (Wildman–Crippen LogP) is 5.88. The van der Waals surface area contributed by atoms with E-state index in [0.29, 0.717) is 24.6 Å². The van der Waals surface area contributed by atoms with Crippen molar-refractivity contribution >= 4 is 16.8 Å². The van der Waals surface area contributed by atoms with E-state index in [-0.39, 0.29) is 17.9 Å². The quantitative estimate of drug-likeness (QED) is 0.289. The monoisotopic (exact) mass is 509 g/mol. The van der Waals surface area contributed by atoms with Crippen molar-refractivity contribution in [2.75, 3.05) is 6.61 Å². The van der Waals surface area contributed by atoms with Crippen molar-refractivity contribution in [1.82, 2.24) is 19.4 Å². The highest BCUT2D eigenvalue weighted by atomic mass is 16.5. The van der Waals surface area contributed by atoms with Crippen LogP contribution in [0.1, 0.15) is 57.2 Å². The summed E-state index contributed by atoms with van der Waals surface area (Å²) >= 11 is 0. The number of carbonyl (C=O) groups is 1. The maximum Gasteiger partial charge on any atom is 0.223 e. The minimum absolute atomic E-state index is 0.0731. The lowest BCUT2D eigenvalue weighted by Crippen LogP contribution is -2.35. The molecule has 7 heteroatoms.